The molecule has 9 nitrogen and oxygen atoms in total. The number of aromatic nitrogens is 1. The molecule has 0 radical (unpaired) electrons. The normalized spacial score (nSPS) is 12.8. The zero-order chi connectivity index (χ0) is 58.4. The third kappa shape index (κ3) is 9.76. The zero-order valence-corrected chi connectivity index (χ0v) is 41.1. The van der Waals surface area contributed by atoms with Crippen molar-refractivity contribution in [1.29, 1.82) is 0 Å². The van der Waals surface area contributed by atoms with Gasteiger partial charge >= 0.3 is 30.7 Å². The molecule has 11 rings (SSSR count). The minimum atomic E-state index is -5.42. The fourth-order valence-corrected chi connectivity index (χ4v) is 10.0. The summed E-state index contributed by atoms with van der Waals surface area (Å²) in [4.78, 5) is 56.4. The molecule has 0 aliphatic carbocycles. The van der Waals surface area contributed by atoms with Crippen molar-refractivity contribution < 1.29 is 81.3 Å². The van der Waals surface area contributed by atoms with E-state index in [4.69, 9.17) is 13.9 Å². The first-order valence-corrected chi connectivity index (χ1v) is 24.1. The Balaban J connectivity index is 1.19. The molecular formula is C61H31F12NO8. The van der Waals surface area contributed by atoms with Crippen molar-refractivity contribution in [1.82, 2.24) is 4.57 Å². The van der Waals surface area contributed by atoms with Crippen molar-refractivity contribution in [2.75, 3.05) is 0 Å². The Labute approximate surface area is 451 Å². The number of hydrogen-bond acceptors (Lipinski definition) is 7. The molecule has 0 spiro atoms. The fourth-order valence-electron chi connectivity index (χ4n) is 10.0. The number of alkyl halides is 12. The SMILES string of the molecule is O=Cc1c(Oc2ccccc2)cc(C(C(=O)O)c2ccc(-n3c(=O)c4cc(-c5cc(C(F)(F)F)cc(C(F)(F)F)c5)c5oc6ccccc6c6c(-c7cc(C(F)(F)F)cc(C(F)(F)F)c7)cc(c3=O)c4c56)cc2)cc1Oc1ccccc1. The van der Waals surface area contributed by atoms with Gasteiger partial charge in [0.1, 0.15) is 40.1 Å². The maximum Gasteiger partial charge on any atom is 0.416 e. The van der Waals surface area contributed by atoms with Gasteiger partial charge in [-0.1, -0.05) is 66.7 Å². The van der Waals surface area contributed by atoms with Crippen LogP contribution in [0.2, 0.25) is 0 Å². The average molecular weight is 1130 g/mol. The molecule has 1 unspecified atom stereocenters. The lowest BCUT2D eigenvalue weighted by Gasteiger charge is -2.21. The quantitative estimate of drug-likeness (QED) is 0.0588. The number of carbonyl (C=O) groups excluding carboxylic acids is 1. The molecule has 412 valence electrons. The van der Waals surface area contributed by atoms with Crippen LogP contribution in [0.3, 0.4) is 0 Å². The van der Waals surface area contributed by atoms with Crippen LogP contribution < -0.4 is 20.6 Å². The summed E-state index contributed by atoms with van der Waals surface area (Å²) in [7, 11) is 0. The van der Waals surface area contributed by atoms with Crippen molar-refractivity contribution >= 4 is 55.7 Å². The summed E-state index contributed by atoms with van der Waals surface area (Å²) in [6, 6.07) is 31.6. The van der Waals surface area contributed by atoms with Gasteiger partial charge in [-0.3, -0.25) is 19.2 Å². The number of hydrogen-bond donors (Lipinski definition) is 1. The lowest BCUT2D eigenvalue weighted by atomic mass is 9.86. The number of benzene rings is 9. The topological polar surface area (TPSA) is 125 Å². The first-order valence-electron chi connectivity index (χ1n) is 24.1. The minimum Gasteiger partial charge on any atom is -0.481 e. The molecular weight excluding hydrogens is 1100 g/mol. The predicted octanol–water partition coefficient (Wildman–Crippen LogP) is 16.9. The van der Waals surface area contributed by atoms with Crippen LogP contribution in [-0.2, 0) is 29.5 Å². The zero-order valence-electron chi connectivity index (χ0n) is 41.1. The number of carboxylic acid groups (broad SMARTS) is 1. The van der Waals surface area contributed by atoms with Crippen molar-refractivity contribution in [3.8, 4) is 50.9 Å². The van der Waals surface area contributed by atoms with Gasteiger partial charge in [-0.05, 0) is 131 Å². The van der Waals surface area contributed by atoms with Crippen molar-refractivity contribution in [2.24, 2.45) is 0 Å². The van der Waals surface area contributed by atoms with Gasteiger partial charge in [-0.25, -0.2) is 4.57 Å². The van der Waals surface area contributed by atoms with Gasteiger partial charge in [-0.2, -0.15) is 52.7 Å². The van der Waals surface area contributed by atoms with Crippen LogP contribution in [-0.4, -0.2) is 21.9 Å². The van der Waals surface area contributed by atoms with Crippen LogP contribution in [0.25, 0.3) is 71.4 Å². The highest BCUT2D eigenvalue weighted by molar-refractivity contribution is 6.32. The summed E-state index contributed by atoms with van der Waals surface area (Å²) in [5.74, 6) is -2.85. The van der Waals surface area contributed by atoms with E-state index >= 15 is 9.59 Å². The van der Waals surface area contributed by atoms with Gasteiger partial charge in [-0.15, -0.1) is 0 Å². The van der Waals surface area contributed by atoms with Crippen LogP contribution in [0, 0.1) is 0 Å². The molecule has 2 heterocycles. The van der Waals surface area contributed by atoms with E-state index in [1.165, 1.54) is 48.5 Å². The number of pyridine rings is 1. The summed E-state index contributed by atoms with van der Waals surface area (Å²) in [6.07, 6.45) is -21.2. The number of halogens is 12. The van der Waals surface area contributed by atoms with Crippen LogP contribution in [0.15, 0.2) is 184 Å². The van der Waals surface area contributed by atoms with Gasteiger partial charge in [0.2, 0.25) is 0 Å². The Hall–Kier alpha value is -9.92. The molecule has 0 aliphatic heterocycles. The van der Waals surface area contributed by atoms with Gasteiger partial charge in [0.05, 0.1) is 33.5 Å². The highest BCUT2D eigenvalue weighted by Crippen LogP contribution is 2.49. The first kappa shape index (κ1) is 54.1. The first-order chi connectivity index (χ1) is 38.8. The maximum atomic E-state index is 15.2. The largest absolute Gasteiger partial charge is 0.481 e. The predicted molar refractivity (Wildman–Crippen MR) is 277 cm³/mol. The van der Waals surface area contributed by atoms with E-state index < -0.39 is 114 Å². The molecule has 0 aliphatic rings. The second-order valence-electron chi connectivity index (χ2n) is 18.8. The van der Waals surface area contributed by atoms with Crippen LogP contribution in [0.4, 0.5) is 52.7 Å². The highest BCUT2D eigenvalue weighted by Gasteiger charge is 2.40. The number of rotatable bonds is 11. The Morgan fingerprint density at radius 3 is 1.38 bits per heavy atom. The summed E-state index contributed by atoms with van der Waals surface area (Å²) in [5, 5.41) is 8.47. The van der Waals surface area contributed by atoms with Crippen LogP contribution in [0.5, 0.6) is 23.0 Å². The molecule has 1 atom stereocenters. The lowest BCUT2D eigenvalue weighted by molar-refractivity contribution is -0.144. The number of nitrogens with zero attached hydrogens (tertiary/aromatic N) is 1. The van der Waals surface area contributed by atoms with Gasteiger partial charge < -0.3 is 19.0 Å². The van der Waals surface area contributed by atoms with E-state index in [2.05, 4.69) is 0 Å². The summed E-state index contributed by atoms with van der Waals surface area (Å²) in [5.41, 5.74) is -13.9. The smallest absolute Gasteiger partial charge is 0.416 e. The Kier molecular flexibility index (Phi) is 13.0. The number of fused-ring (bicyclic) bond motifs is 2. The standard InChI is InChI=1S/C61H31F12NO8/c62-58(63,64)34-19-31(20-35(25-34)59(65,66)67)42-27-44-52-45(28-43(54-53(52)51(42)41-13-7-8-14-47(41)82-54)32-21-36(60(68,69)70)26-37(22-32)61(71,72)73)56(77)74(55(44)76)38-17-15-30(16-18-38)50(57(78)79)33-23-48(80-39-9-3-1-4-10-39)46(29-75)49(24-33)81-40-11-5-2-6-12-40/h1-29,50H,(H,78,79). The molecule has 11 aromatic rings. The molecule has 0 amide bonds. The van der Waals surface area contributed by atoms with E-state index in [1.807, 2.05) is 0 Å². The van der Waals surface area contributed by atoms with Gasteiger partial charge in [0.25, 0.3) is 11.1 Å². The number of ether oxygens (including phenoxy) is 2. The summed E-state index contributed by atoms with van der Waals surface area (Å²) in [6.45, 7) is 0. The number of carbonyl (C=O) groups is 2. The van der Waals surface area contributed by atoms with Gasteiger partial charge in [0, 0.05) is 37.9 Å². The third-order valence-corrected chi connectivity index (χ3v) is 13.6. The number of aliphatic carboxylic acids is 1. The number of carboxylic acids is 1. The third-order valence-electron chi connectivity index (χ3n) is 13.6. The maximum absolute atomic E-state index is 15.2. The highest BCUT2D eigenvalue weighted by atomic mass is 19.4. The molecule has 0 bridgehead atoms. The fraction of sp³-hybridized carbons (Fsp3) is 0.0820. The lowest BCUT2D eigenvalue weighted by Crippen LogP contribution is -2.32. The Bertz CT molecular complexity index is 4330. The summed E-state index contributed by atoms with van der Waals surface area (Å²) >= 11 is 0. The van der Waals surface area contributed by atoms with Crippen molar-refractivity contribution in [3.05, 3.63) is 230 Å². The second kappa shape index (κ2) is 19.7. The Morgan fingerprint density at radius 2 is 0.927 bits per heavy atom. The average Bonchev–Trinajstić information content (AvgIpc) is 0.904. The summed E-state index contributed by atoms with van der Waals surface area (Å²) < 4.78 is 193. The number of para-hydroxylation sites is 3. The van der Waals surface area contributed by atoms with E-state index in [-0.39, 0.29) is 79.3 Å². The van der Waals surface area contributed by atoms with Crippen molar-refractivity contribution in [2.45, 2.75) is 30.6 Å². The molecule has 21 heteroatoms. The van der Waals surface area contributed by atoms with E-state index in [0.717, 1.165) is 24.3 Å². The van der Waals surface area contributed by atoms with E-state index in [1.54, 1.807) is 60.7 Å². The van der Waals surface area contributed by atoms with Crippen molar-refractivity contribution in [3.63, 3.8) is 0 Å². The van der Waals surface area contributed by atoms with E-state index in [9.17, 15) is 67.4 Å². The monoisotopic (exact) mass is 1130 g/mol. The van der Waals surface area contributed by atoms with E-state index in [0.29, 0.717) is 35.1 Å². The molecule has 2 aromatic heterocycles. The van der Waals surface area contributed by atoms with Gasteiger partial charge in [0.15, 0.2) is 6.29 Å². The molecule has 1 N–H and O–H groups in total. The molecule has 0 fully saturated rings. The second-order valence-corrected chi connectivity index (χ2v) is 18.8. The molecule has 0 saturated heterocycles. The van der Waals surface area contributed by atoms with Crippen LogP contribution in [0.1, 0.15) is 49.7 Å². The molecule has 0 saturated carbocycles. The molecule has 9 aromatic carbocycles. The van der Waals surface area contributed by atoms with Crippen LogP contribution >= 0.6 is 0 Å². The number of aldehydes is 1. The Morgan fingerprint density at radius 1 is 0.488 bits per heavy atom. The minimum absolute atomic E-state index is 0.0168. The molecule has 82 heavy (non-hydrogen) atoms.